The smallest absolute Gasteiger partial charge is 0.279 e. The Balaban J connectivity index is 1.35. The number of amides is 5. The van der Waals surface area contributed by atoms with Gasteiger partial charge in [-0.25, -0.2) is 9.97 Å². The third-order valence-electron chi connectivity index (χ3n) is 11.4. The molecule has 0 spiro atoms. The van der Waals surface area contributed by atoms with Gasteiger partial charge in [0.05, 0.1) is 23.4 Å². The van der Waals surface area contributed by atoms with Crippen LogP contribution in [0.1, 0.15) is 84.1 Å². The number of pyridine rings is 2. The monoisotopic (exact) mass is 911 g/mol. The molecule has 2 N–H and O–H groups in total. The average Bonchev–Trinajstić information content (AvgIpc) is 3.80. The number of imide groups is 1. The van der Waals surface area contributed by atoms with Crippen LogP contribution in [0.3, 0.4) is 0 Å². The van der Waals surface area contributed by atoms with Crippen LogP contribution in [-0.4, -0.2) is 87.8 Å². The Hall–Kier alpha value is -6.52. The molecule has 0 saturated heterocycles. The van der Waals surface area contributed by atoms with E-state index in [2.05, 4.69) is 15.5 Å². The normalized spacial score (nSPS) is 13.7. The molecule has 5 aromatic rings. The number of benzene rings is 2. The maximum atomic E-state index is 14.6. The number of ether oxygens (including phenoxy) is 1. The second-order valence-electron chi connectivity index (χ2n) is 15.9. The average molecular weight is 913 g/mol. The van der Waals surface area contributed by atoms with Crippen LogP contribution in [0.25, 0.3) is 11.4 Å². The Morgan fingerprint density at radius 2 is 1.73 bits per heavy atom. The van der Waals surface area contributed by atoms with Crippen LogP contribution in [0.5, 0.6) is 5.88 Å². The number of carbonyl (C=O) groups is 5. The van der Waals surface area contributed by atoms with Gasteiger partial charge in [0.1, 0.15) is 17.6 Å². The van der Waals surface area contributed by atoms with E-state index in [0.717, 1.165) is 28.8 Å². The molecule has 6 rings (SSSR count). The molecule has 1 aliphatic heterocycles. The predicted molar refractivity (Wildman–Crippen MR) is 245 cm³/mol. The number of hydrogen-bond acceptors (Lipinski definition) is 10. The van der Waals surface area contributed by atoms with Crippen molar-refractivity contribution in [2.45, 2.75) is 71.6 Å². The fourth-order valence-electron chi connectivity index (χ4n) is 7.97. The lowest BCUT2D eigenvalue weighted by Gasteiger charge is -2.29. The van der Waals surface area contributed by atoms with Crippen molar-refractivity contribution in [3.05, 3.63) is 121 Å². The van der Waals surface area contributed by atoms with Gasteiger partial charge in [-0.15, -0.1) is 0 Å². The van der Waals surface area contributed by atoms with Gasteiger partial charge in [-0.1, -0.05) is 41.4 Å². The fraction of sp³-hybridized carbons (Fsp3) is 0.348. The van der Waals surface area contributed by atoms with E-state index in [0.29, 0.717) is 85.4 Å². The highest BCUT2D eigenvalue weighted by Crippen LogP contribution is 2.45. The Morgan fingerprint density at radius 1 is 0.984 bits per heavy atom. The number of nitrogens with zero attached hydrogens (tertiary/aromatic N) is 7. The molecule has 0 saturated carbocycles. The van der Waals surface area contributed by atoms with Crippen molar-refractivity contribution in [1.82, 2.24) is 34.6 Å². The molecular formula is C46H51Cl2N9O7. The Bertz CT molecular complexity index is 2600. The number of hydrogen-bond donors (Lipinski definition) is 2. The van der Waals surface area contributed by atoms with Crippen molar-refractivity contribution in [3.8, 4) is 17.3 Å². The SMILES string of the molecule is COc1ncc(CCN(CCNC=O)c2ccc(C)c(CN(C=O)C(C)CCC(=O)NC=O)c2)cc1-c1nc2c(n1C(C)C)[C@H](c1ccc(Cl)cc1)N(c1cc(Cl)cn(C)c1=O)C2=O. The van der Waals surface area contributed by atoms with Gasteiger partial charge < -0.3 is 29.0 Å². The summed E-state index contributed by atoms with van der Waals surface area (Å²) < 4.78 is 9.14. The van der Waals surface area contributed by atoms with E-state index in [9.17, 15) is 28.8 Å². The lowest BCUT2D eigenvalue weighted by Crippen LogP contribution is -2.36. The summed E-state index contributed by atoms with van der Waals surface area (Å²) in [5.74, 6) is -0.112. The number of methoxy groups -OCH3 is 1. The molecule has 336 valence electrons. The van der Waals surface area contributed by atoms with Crippen LogP contribution in [0.15, 0.2) is 71.8 Å². The number of halogens is 2. The molecule has 3 aromatic heterocycles. The van der Waals surface area contributed by atoms with E-state index in [1.807, 2.05) is 68.7 Å². The van der Waals surface area contributed by atoms with Crippen molar-refractivity contribution >= 4 is 65.6 Å². The molecule has 16 nitrogen and oxygen atoms in total. The molecule has 0 aliphatic carbocycles. The van der Waals surface area contributed by atoms with Crippen molar-refractivity contribution in [1.29, 1.82) is 0 Å². The quantitative estimate of drug-likeness (QED) is 0.0676. The third-order valence-corrected chi connectivity index (χ3v) is 11.8. The molecule has 1 unspecified atom stereocenters. The number of nitrogens with one attached hydrogen (secondary N) is 2. The molecule has 2 atom stereocenters. The molecular weight excluding hydrogens is 861 g/mol. The minimum atomic E-state index is -0.763. The van der Waals surface area contributed by atoms with Gasteiger partial charge in [-0.3, -0.25) is 39.0 Å². The van der Waals surface area contributed by atoms with Gasteiger partial charge in [0, 0.05) is 74.8 Å². The summed E-state index contributed by atoms with van der Waals surface area (Å²) in [5.41, 5.74) is 5.34. The number of aryl methyl sites for hydroxylation is 2. The molecule has 1 aliphatic rings. The molecule has 5 amide bonds. The Labute approximate surface area is 381 Å². The number of imidazole rings is 1. The standard InChI is InChI=1S/C46H51Cl2N9O7/c1-28(2)56-42-40(46(63)57(38-21-35(48)24-53(5)45(38)62)41(42)32-9-11-34(47)12-10-32)52-43(56)37-19-31(22-50-44(37)64-6)15-17-54(18-16-49-25-58)36-13-7-29(3)33(20-36)23-55(27-60)30(4)8-14-39(61)51-26-59/h7,9-13,19-22,24-28,30,41H,8,14-18,23H2,1-6H3,(H,49,58)(H,51,59,61)/t30?,41-/m0/s1. The van der Waals surface area contributed by atoms with Gasteiger partial charge in [0.2, 0.25) is 31.0 Å². The lowest BCUT2D eigenvalue weighted by molar-refractivity contribution is -0.126. The Morgan fingerprint density at radius 3 is 2.41 bits per heavy atom. The van der Waals surface area contributed by atoms with Crippen molar-refractivity contribution in [3.63, 3.8) is 0 Å². The predicted octanol–water partition coefficient (Wildman–Crippen LogP) is 5.79. The van der Waals surface area contributed by atoms with Gasteiger partial charge in [0.15, 0.2) is 5.69 Å². The minimum Gasteiger partial charge on any atom is -0.480 e. The van der Waals surface area contributed by atoms with Gasteiger partial charge in [-0.05, 0) is 99.2 Å². The first kappa shape index (κ1) is 47.0. The summed E-state index contributed by atoms with van der Waals surface area (Å²) in [6.07, 6.45) is 5.97. The van der Waals surface area contributed by atoms with Crippen LogP contribution in [-0.2, 0) is 39.2 Å². The fourth-order valence-corrected chi connectivity index (χ4v) is 8.34. The molecule has 2 aromatic carbocycles. The summed E-state index contributed by atoms with van der Waals surface area (Å²) >= 11 is 12.8. The summed E-state index contributed by atoms with van der Waals surface area (Å²) in [6.45, 7) is 9.45. The number of aromatic nitrogens is 4. The molecule has 0 radical (unpaired) electrons. The summed E-state index contributed by atoms with van der Waals surface area (Å²) in [7, 11) is 3.10. The van der Waals surface area contributed by atoms with Crippen molar-refractivity contribution < 1.29 is 28.7 Å². The topological polar surface area (TPSA) is 181 Å². The zero-order valence-corrected chi connectivity index (χ0v) is 38.0. The Kier molecular flexibility index (Phi) is 15.2. The molecule has 0 fully saturated rings. The largest absolute Gasteiger partial charge is 0.480 e. The van der Waals surface area contributed by atoms with Crippen LogP contribution < -0.4 is 30.7 Å². The highest BCUT2D eigenvalue weighted by Gasteiger charge is 2.46. The summed E-state index contributed by atoms with van der Waals surface area (Å²) in [4.78, 5) is 89.2. The van der Waals surface area contributed by atoms with E-state index < -0.39 is 23.4 Å². The molecule has 18 heteroatoms. The summed E-state index contributed by atoms with van der Waals surface area (Å²) in [5, 5.41) is 5.68. The van der Waals surface area contributed by atoms with E-state index in [1.54, 1.807) is 30.3 Å². The maximum Gasteiger partial charge on any atom is 0.279 e. The molecule has 4 heterocycles. The summed E-state index contributed by atoms with van der Waals surface area (Å²) in [6, 6.07) is 15.3. The number of carbonyl (C=O) groups excluding carboxylic acids is 5. The van der Waals surface area contributed by atoms with Crippen LogP contribution in [0.4, 0.5) is 11.4 Å². The number of fused-ring (bicyclic) bond motifs is 1. The number of rotatable bonds is 21. The highest BCUT2D eigenvalue weighted by atomic mass is 35.5. The second-order valence-corrected chi connectivity index (χ2v) is 16.8. The van der Waals surface area contributed by atoms with E-state index >= 15 is 0 Å². The van der Waals surface area contributed by atoms with Crippen LogP contribution in [0, 0.1) is 6.92 Å². The minimum absolute atomic E-state index is 0.0946. The van der Waals surface area contributed by atoms with E-state index in [1.165, 1.54) is 28.8 Å². The molecule has 64 heavy (non-hydrogen) atoms. The maximum absolute atomic E-state index is 14.6. The zero-order chi connectivity index (χ0) is 46.2. The first-order chi connectivity index (χ1) is 30.7. The van der Waals surface area contributed by atoms with E-state index in [-0.39, 0.29) is 34.9 Å². The third kappa shape index (κ3) is 10.1. The number of anilines is 2. The van der Waals surface area contributed by atoms with Gasteiger partial charge in [-0.2, -0.15) is 0 Å². The highest BCUT2D eigenvalue weighted by molar-refractivity contribution is 6.31. The lowest BCUT2D eigenvalue weighted by atomic mass is 10.0. The molecule has 0 bridgehead atoms. The van der Waals surface area contributed by atoms with Crippen molar-refractivity contribution in [2.75, 3.05) is 36.5 Å². The second kappa shape index (κ2) is 20.8. The first-order valence-corrected chi connectivity index (χ1v) is 21.5. The van der Waals surface area contributed by atoms with Crippen LogP contribution >= 0.6 is 23.2 Å². The zero-order valence-electron chi connectivity index (χ0n) is 36.5. The first-order valence-electron chi connectivity index (χ1n) is 20.8. The van der Waals surface area contributed by atoms with Gasteiger partial charge in [0.25, 0.3) is 11.5 Å². The van der Waals surface area contributed by atoms with E-state index in [4.69, 9.17) is 37.9 Å². The van der Waals surface area contributed by atoms with Gasteiger partial charge >= 0.3 is 0 Å². The van der Waals surface area contributed by atoms with Crippen LogP contribution in [0.2, 0.25) is 10.0 Å². The van der Waals surface area contributed by atoms with Crippen molar-refractivity contribution in [2.24, 2.45) is 7.05 Å².